The number of amides is 2. The summed E-state index contributed by atoms with van der Waals surface area (Å²) in [5.74, 6) is 0.327. The lowest BCUT2D eigenvalue weighted by atomic mass is 9.97. The Labute approximate surface area is 218 Å². The first-order valence-electron chi connectivity index (χ1n) is 12.7. The Morgan fingerprint density at radius 1 is 1.05 bits per heavy atom. The first-order chi connectivity index (χ1) is 18.0. The minimum atomic E-state index is -0.246. The minimum absolute atomic E-state index is 0.0612. The molecular formula is C28H36N4O5. The standard InChI is InChI=1S/C28H36N4O5/c1-21-4-6-23(7-5-21)26-18-25(22-8-10-24(36-3)11-9-22)29-32(26)27(33)19-31(28(34)20-35-2)13-12-30-14-16-37-17-15-30/h4-11,26H,12-20H2,1-3H3/t26-/m1/s1. The maximum absolute atomic E-state index is 13.7. The lowest BCUT2D eigenvalue weighted by Crippen LogP contribution is -2.47. The molecule has 0 radical (unpaired) electrons. The van der Waals surface area contributed by atoms with E-state index < -0.39 is 0 Å². The van der Waals surface area contributed by atoms with Gasteiger partial charge in [0.05, 0.1) is 32.1 Å². The van der Waals surface area contributed by atoms with E-state index in [0.717, 1.165) is 41.2 Å². The molecule has 37 heavy (non-hydrogen) atoms. The number of carbonyl (C=O) groups excluding carboxylic acids is 2. The van der Waals surface area contributed by atoms with Crippen molar-refractivity contribution in [2.45, 2.75) is 19.4 Å². The molecule has 0 unspecified atom stereocenters. The fraction of sp³-hybridized carbons (Fsp3) is 0.464. The van der Waals surface area contributed by atoms with Gasteiger partial charge < -0.3 is 19.1 Å². The molecule has 1 fully saturated rings. The first-order valence-corrected chi connectivity index (χ1v) is 12.7. The Balaban J connectivity index is 1.54. The fourth-order valence-corrected chi connectivity index (χ4v) is 4.58. The largest absolute Gasteiger partial charge is 0.497 e. The number of carbonyl (C=O) groups is 2. The molecule has 9 nitrogen and oxygen atoms in total. The second-order valence-electron chi connectivity index (χ2n) is 9.35. The summed E-state index contributed by atoms with van der Waals surface area (Å²) in [5, 5.41) is 6.31. The van der Waals surface area contributed by atoms with Gasteiger partial charge in [0.2, 0.25) is 5.91 Å². The van der Waals surface area contributed by atoms with E-state index in [2.05, 4.69) is 4.90 Å². The lowest BCUT2D eigenvalue weighted by Gasteiger charge is -2.31. The van der Waals surface area contributed by atoms with E-state index in [1.807, 2.05) is 55.5 Å². The molecule has 2 aromatic carbocycles. The molecule has 1 atom stereocenters. The number of nitrogens with zero attached hydrogens (tertiary/aromatic N) is 4. The van der Waals surface area contributed by atoms with Crippen molar-refractivity contribution in [1.82, 2.24) is 14.8 Å². The van der Waals surface area contributed by atoms with Crippen LogP contribution in [0.3, 0.4) is 0 Å². The Morgan fingerprint density at radius 2 is 1.76 bits per heavy atom. The minimum Gasteiger partial charge on any atom is -0.497 e. The van der Waals surface area contributed by atoms with Crippen LogP contribution >= 0.6 is 0 Å². The molecule has 2 amide bonds. The monoisotopic (exact) mass is 508 g/mol. The summed E-state index contributed by atoms with van der Waals surface area (Å²) in [7, 11) is 3.12. The van der Waals surface area contributed by atoms with Gasteiger partial charge in [-0.15, -0.1) is 0 Å². The number of morpholine rings is 1. The zero-order valence-corrected chi connectivity index (χ0v) is 21.9. The molecule has 0 saturated carbocycles. The van der Waals surface area contributed by atoms with Crippen molar-refractivity contribution in [2.75, 3.05) is 66.8 Å². The van der Waals surface area contributed by atoms with Crippen molar-refractivity contribution >= 4 is 17.5 Å². The van der Waals surface area contributed by atoms with Crippen LogP contribution in [0.2, 0.25) is 0 Å². The summed E-state index contributed by atoms with van der Waals surface area (Å²) in [6.07, 6.45) is 0.584. The number of ether oxygens (including phenoxy) is 3. The van der Waals surface area contributed by atoms with Crippen molar-refractivity contribution in [2.24, 2.45) is 5.10 Å². The van der Waals surface area contributed by atoms with E-state index in [1.165, 1.54) is 7.11 Å². The third kappa shape index (κ3) is 6.94. The van der Waals surface area contributed by atoms with Gasteiger partial charge in [0, 0.05) is 39.7 Å². The molecule has 9 heteroatoms. The molecule has 1 saturated heterocycles. The topological polar surface area (TPSA) is 83.9 Å². The van der Waals surface area contributed by atoms with E-state index >= 15 is 0 Å². The Bertz CT molecular complexity index is 1080. The highest BCUT2D eigenvalue weighted by molar-refractivity contribution is 6.03. The highest BCUT2D eigenvalue weighted by Crippen LogP contribution is 2.33. The lowest BCUT2D eigenvalue weighted by molar-refractivity contribution is -0.143. The van der Waals surface area contributed by atoms with Gasteiger partial charge in [0.1, 0.15) is 18.9 Å². The normalized spacial score (nSPS) is 18.0. The zero-order chi connectivity index (χ0) is 26.2. The molecule has 2 heterocycles. The van der Waals surface area contributed by atoms with Crippen molar-refractivity contribution in [1.29, 1.82) is 0 Å². The van der Waals surface area contributed by atoms with Crippen LogP contribution in [0.5, 0.6) is 5.75 Å². The highest BCUT2D eigenvalue weighted by Gasteiger charge is 2.34. The average molecular weight is 509 g/mol. The Hall–Kier alpha value is -3.27. The van der Waals surface area contributed by atoms with Gasteiger partial charge in [-0.2, -0.15) is 5.10 Å². The summed E-state index contributed by atoms with van der Waals surface area (Å²) in [4.78, 5) is 30.3. The number of hydrogen-bond acceptors (Lipinski definition) is 7. The number of methoxy groups -OCH3 is 2. The van der Waals surface area contributed by atoms with E-state index in [9.17, 15) is 9.59 Å². The summed E-state index contributed by atoms with van der Waals surface area (Å²) < 4.78 is 15.8. The van der Waals surface area contributed by atoms with Crippen LogP contribution in [0, 0.1) is 6.92 Å². The fourth-order valence-electron chi connectivity index (χ4n) is 4.58. The number of hydrazone groups is 1. The number of rotatable bonds is 10. The van der Waals surface area contributed by atoms with Crippen molar-refractivity contribution in [3.05, 3.63) is 65.2 Å². The smallest absolute Gasteiger partial charge is 0.262 e. The number of hydrogen-bond donors (Lipinski definition) is 0. The Morgan fingerprint density at radius 3 is 2.41 bits per heavy atom. The maximum atomic E-state index is 13.7. The van der Waals surface area contributed by atoms with Crippen LogP contribution in [0.15, 0.2) is 53.6 Å². The molecule has 198 valence electrons. The summed E-state index contributed by atoms with van der Waals surface area (Å²) in [5.41, 5.74) is 3.92. The molecule has 2 aliphatic rings. The molecule has 0 spiro atoms. The third-order valence-corrected chi connectivity index (χ3v) is 6.79. The zero-order valence-electron chi connectivity index (χ0n) is 21.9. The van der Waals surface area contributed by atoms with E-state index in [-0.39, 0.29) is 31.0 Å². The maximum Gasteiger partial charge on any atom is 0.262 e. The summed E-state index contributed by atoms with van der Waals surface area (Å²) in [6, 6.07) is 15.6. The number of benzene rings is 2. The highest BCUT2D eigenvalue weighted by atomic mass is 16.5. The SMILES string of the molecule is COCC(=O)N(CCN1CCOCC1)CC(=O)N1N=C(c2ccc(OC)cc2)C[C@@H]1c1ccc(C)cc1. The first kappa shape index (κ1) is 26.8. The van der Waals surface area contributed by atoms with Crippen molar-refractivity contribution in [3.63, 3.8) is 0 Å². The number of aryl methyl sites for hydroxylation is 1. The van der Waals surface area contributed by atoms with E-state index in [4.69, 9.17) is 19.3 Å². The Kier molecular flexibility index (Phi) is 9.27. The van der Waals surface area contributed by atoms with Crippen LogP contribution < -0.4 is 4.74 Å². The third-order valence-electron chi connectivity index (χ3n) is 6.79. The van der Waals surface area contributed by atoms with Crippen molar-refractivity contribution < 1.29 is 23.8 Å². The van der Waals surface area contributed by atoms with Gasteiger partial charge in [-0.25, -0.2) is 5.01 Å². The molecule has 4 rings (SSSR count). The summed E-state index contributed by atoms with van der Waals surface area (Å²) >= 11 is 0. The average Bonchev–Trinajstić information content (AvgIpc) is 3.38. The second kappa shape index (κ2) is 12.8. The molecule has 0 bridgehead atoms. The predicted octanol–water partition coefficient (Wildman–Crippen LogP) is 2.49. The van der Waals surface area contributed by atoms with E-state index in [0.29, 0.717) is 32.7 Å². The van der Waals surface area contributed by atoms with Crippen LogP contribution in [0.25, 0.3) is 0 Å². The predicted molar refractivity (Wildman–Crippen MR) is 141 cm³/mol. The molecule has 0 aromatic heterocycles. The van der Waals surface area contributed by atoms with Crippen LogP contribution in [-0.2, 0) is 19.1 Å². The van der Waals surface area contributed by atoms with Crippen molar-refractivity contribution in [3.8, 4) is 5.75 Å². The van der Waals surface area contributed by atoms with E-state index in [1.54, 1.807) is 17.0 Å². The van der Waals surface area contributed by atoms with Gasteiger partial charge in [-0.05, 0) is 42.3 Å². The van der Waals surface area contributed by atoms with Crippen LogP contribution in [-0.4, -0.2) is 99.1 Å². The molecule has 0 aliphatic carbocycles. The van der Waals surface area contributed by atoms with Crippen LogP contribution in [0.4, 0.5) is 0 Å². The van der Waals surface area contributed by atoms with Gasteiger partial charge >= 0.3 is 0 Å². The molecule has 0 N–H and O–H groups in total. The van der Waals surface area contributed by atoms with Gasteiger partial charge in [-0.1, -0.05) is 29.8 Å². The second-order valence-corrected chi connectivity index (χ2v) is 9.35. The summed E-state index contributed by atoms with van der Waals surface area (Å²) in [6.45, 7) is 6.01. The van der Waals surface area contributed by atoms with Gasteiger partial charge in [0.15, 0.2) is 0 Å². The van der Waals surface area contributed by atoms with Gasteiger partial charge in [-0.3, -0.25) is 14.5 Å². The molecular weight excluding hydrogens is 472 g/mol. The van der Waals surface area contributed by atoms with Gasteiger partial charge in [0.25, 0.3) is 5.91 Å². The molecule has 2 aromatic rings. The van der Waals surface area contributed by atoms with Crippen LogP contribution in [0.1, 0.15) is 29.2 Å². The quantitative estimate of drug-likeness (QED) is 0.490. The molecule has 2 aliphatic heterocycles.